The van der Waals surface area contributed by atoms with E-state index in [1.807, 2.05) is 6.08 Å². The predicted molar refractivity (Wildman–Crippen MR) is 143 cm³/mol. The van der Waals surface area contributed by atoms with Gasteiger partial charge in [-0.05, 0) is 25.3 Å². The zero-order valence-corrected chi connectivity index (χ0v) is 21.8. The van der Waals surface area contributed by atoms with Gasteiger partial charge in [-0.2, -0.15) is 0 Å². The van der Waals surface area contributed by atoms with Crippen molar-refractivity contribution in [3.63, 3.8) is 0 Å². The molecule has 5 heteroatoms. The van der Waals surface area contributed by atoms with Crippen LogP contribution in [0.15, 0.2) is 30.6 Å². The molecule has 35 heavy (non-hydrogen) atoms. The molecule has 0 atom stereocenters. The first-order valence-corrected chi connectivity index (χ1v) is 13.8. The van der Waals surface area contributed by atoms with Crippen LogP contribution in [-0.2, 0) is 0 Å². The van der Waals surface area contributed by atoms with E-state index in [1.165, 1.54) is 83.0 Å². The minimum atomic E-state index is -0.917. The number of aromatic nitrogens is 2. The van der Waals surface area contributed by atoms with Crippen molar-refractivity contribution in [2.75, 3.05) is 6.61 Å². The van der Waals surface area contributed by atoms with Crippen LogP contribution >= 0.6 is 0 Å². The van der Waals surface area contributed by atoms with Crippen LogP contribution in [0.1, 0.15) is 116 Å². The number of benzene rings is 1. The second-order valence-corrected chi connectivity index (χ2v) is 9.35. The largest absolute Gasteiger partial charge is 0.490 e. The molecule has 0 N–H and O–H groups in total. The summed E-state index contributed by atoms with van der Waals surface area (Å²) in [4.78, 5) is 8.39. The van der Waals surface area contributed by atoms with E-state index in [1.54, 1.807) is 18.2 Å². The lowest BCUT2D eigenvalue weighted by Crippen LogP contribution is -2.00. The first kappa shape index (κ1) is 28.9. The van der Waals surface area contributed by atoms with Gasteiger partial charge in [0.15, 0.2) is 23.2 Å². The summed E-state index contributed by atoms with van der Waals surface area (Å²) in [6.07, 6.45) is 24.7. The fourth-order valence-corrected chi connectivity index (χ4v) is 4.07. The SMILES string of the molecule is CCCCCCCC/C=C/c1ccc(-c2ncc(OCCCCCCCCCC)cn2)c(F)c1F. The molecular formula is C30H44F2N2O. The Kier molecular flexibility index (Phi) is 14.9. The summed E-state index contributed by atoms with van der Waals surface area (Å²) < 4.78 is 35.0. The van der Waals surface area contributed by atoms with Crippen molar-refractivity contribution in [2.45, 2.75) is 110 Å². The third-order valence-corrected chi connectivity index (χ3v) is 6.27. The number of rotatable bonds is 19. The van der Waals surface area contributed by atoms with Gasteiger partial charge in [-0.15, -0.1) is 0 Å². The molecule has 1 aromatic carbocycles. The quantitative estimate of drug-likeness (QED) is 0.185. The molecule has 0 aliphatic carbocycles. The smallest absolute Gasteiger partial charge is 0.170 e. The van der Waals surface area contributed by atoms with Crippen LogP contribution in [-0.4, -0.2) is 16.6 Å². The van der Waals surface area contributed by atoms with E-state index in [-0.39, 0.29) is 17.0 Å². The van der Waals surface area contributed by atoms with E-state index in [9.17, 15) is 8.78 Å². The molecule has 194 valence electrons. The van der Waals surface area contributed by atoms with E-state index in [4.69, 9.17) is 4.74 Å². The molecule has 0 amide bonds. The molecule has 0 spiro atoms. The molecule has 0 radical (unpaired) electrons. The van der Waals surface area contributed by atoms with E-state index < -0.39 is 11.6 Å². The van der Waals surface area contributed by atoms with Crippen LogP contribution in [0.3, 0.4) is 0 Å². The van der Waals surface area contributed by atoms with Gasteiger partial charge in [0.25, 0.3) is 0 Å². The van der Waals surface area contributed by atoms with Crippen molar-refractivity contribution in [1.82, 2.24) is 9.97 Å². The lowest BCUT2D eigenvalue weighted by Gasteiger charge is -2.08. The number of nitrogens with zero attached hydrogens (tertiary/aromatic N) is 2. The number of ether oxygens (including phenoxy) is 1. The average molecular weight is 487 g/mol. The highest BCUT2D eigenvalue weighted by molar-refractivity contribution is 5.61. The molecular weight excluding hydrogens is 442 g/mol. The fourth-order valence-electron chi connectivity index (χ4n) is 4.07. The fraction of sp³-hybridized carbons (Fsp3) is 0.600. The molecule has 0 aliphatic rings. The normalized spacial score (nSPS) is 11.4. The molecule has 0 fully saturated rings. The third-order valence-electron chi connectivity index (χ3n) is 6.27. The highest BCUT2D eigenvalue weighted by Crippen LogP contribution is 2.25. The highest BCUT2D eigenvalue weighted by atomic mass is 19.2. The Morgan fingerprint density at radius 3 is 1.91 bits per heavy atom. The second kappa shape index (κ2) is 18.0. The summed E-state index contributed by atoms with van der Waals surface area (Å²) >= 11 is 0. The Hall–Kier alpha value is -2.30. The highest BCUT2D eigenvalue weighted by Gasteiger charge is 2.15. The molecule has 2 aromatic rings. The van der Waals surface area contributed by atoms with Gasteiger partial charge >= 0.3 is 0 Å². The van der Waals surface area contributed by atoms with Gasteiger partial charge in [0, 0.05) is 5.56 Å². The molecule has 0 saturated heterocycles. The zero-order chi connectivity index (χ0) is 25.1. The summed E-state index contributed by atoms with van der Waals surface area (Å²) in [5.74, 6) is -1.07. The summed E-state index contributed by atoms with van der Waals surface area (Å²) in [6, 6.07) is 3.13. The van der Waals surface area contributed by atoms with Crippen LogP contribution in [0.2, 0.25) is 0 Å². The van der Waals surface area contributed by atoms with Crippen LogP contribution in [0.25, 0.3) is 17.5 Å². The van der Waals surface area contributed by atoms with Crippen LogP contribution < -0.4 is 4.74 Å². The zero-order valence-electron chi connectivity index (χ0n) is 21.8. The minimum Gasteiger partial charge on any atom is -0.490 e. The van der Waals surface area contributed by atoms with Gasteiger partial charge in [0.05, 0.1) is 24.6 Å². The third kappa shape index (κ3) is 11.3. The van der Waals surface area contributed by atoms with E-state index in [0.717, 1.165) is 25.7 Å². The van der Waals surface area contributed by atoms with Gasteiger partial charge in [-0.1, -0.05) is 109 Å². The Morgan fingerprint density at radius 2 is 1.29 bits per heavy atom. The van der Waals surface area contributed by atoms with Gasteiger partial charge < -0.3 is 4.74 Å². The maximum atomic E-state index is 14.7. The lowest BCUT2D eigenvalue weighted by atomic mass is 10.1. The van der Waals surface area contributed by atoms with Crippen molar-refractivity contribution in [2.24, 2.45) is 0 Å². The van der Waals surface area contributed by atoms with E-state index in [0.29, 0.717) is 12.4 Å². The Labute approximate surface area is 211 Å². The Morgan fingerprint density at radius 1 is 0.714 bits per heavy atom. The molecule has 0 bridgehead atoms. The van der Waals surface area contributed by atoms with Gasteiger partial charge in [-0.25, -0.2) is 18.7 Å². The molecule has 0 unspecified atom stereocenters. The minimum absolute atomic E-state index is 0.0604. The van der Waals surface area contributed by atoms with Crippen LogP contribution in [0.4, 0.5) is 8.78 Å². The number of allylic oxidation sites excluding steroid dienone is 1. The van der Waals surface area contributed by atoms with E-state index >= 15 is 0 Å². The standard InChI is InChI=1S/C30H44F2N2O/c1-3-5-7-9-11-13-15-17-19-25-20-21-27(29(32)28(25)31)30-33-23-26(24-34-30)35-22-18-16-14-12-10-8-6-4-2/h17,19-21,23-24H,3-16,18,22H2,1-2H3/b19-17+. The molecule has 0 aliphatic heterocycles. The summed E-state index contributed by atoms with van der Waals surface area (Å²) in [7, 11) is 0. The van der Waals surface area contributed by atoms with E-state index in [2.05, 4.69) is 23.8 Å². The number of unbranched alkanes of at least 4 members (excludes halogenated alkanes) is 13. The molecule has 1 aromatic heterocycles. The maximum absolute atomic E-state index is 14.7. The van der Waals surface area contributed by atoms with Crippen molar-refractivity contribution in [1.29, 1.82) is 0 Å². The summed E-state index contributed by atoms with van der Waals surface area (Å²) in [5.41, 5.74) is 0.313. The molecule has 3 nitrogen and oxygen atoms in total. The molecule has 2 rings (SSSR count). The van der Waals surface area contributed by atoms with Crippen LogP contribution in [0, 0.1) is 11.6 Å². The Bertz CT molecular complexity index is 852. The van der Waals surface area contributed by atoms with Gasteiger partial charge in [-0.3, -0.25) is 0 Å². The Balaban J connectivity index is 1.76. The second-order valence-electron chi connectivity index (χ2n) is 9.35. The van der Waals surface area contributed by atoms with Gasteiger partial charge in [0.2, 0.25) is 0 Å². The molecule has 0 saturated carbocycles. The van der Waals surface area contributed by atoms with Gasteiger partial charge in [0.1, 0.15) is 0 Å². The molecule has 1 heterocycles. The van der Waals surface area contributed by atoms with Crippen LogP contribution in [0.5, 0.6) is 5.75 Å². The topological polar surface area (TPSA) is 35.0 Å². The van der Waals surface area contributed by atoms with Crippen molar-refractivity contribution >= 4 is 6.08 Å². The summed E-state index contributed by atoms with van der Waals surface area (Å²) in [5, 5.41) is 0. The first-order valence-electron chi connectivity index (χ1n) is 13.8. The monoisotopic (exact) mass is 486 g/mol. The van der Waals surface area contributed by atoms with Crippen molar-refractivity contribution < 1.29 is 13.5 Å². The number of hydrogen-bond donors (Lipinski definition) is 0. The first-order chi connectivity index (χ1) is 17.2. The summed E-state index contributed by atoms with van der Waals surface area (Å²) in [6.45, 7) is 5.05. The number of hydrogen-bond acceptors (Lipinski definition) is 3. The maximum Gasteiger partial charge on any atom is 0.170 e. The predicted octanol–water partition coefficient (Wildman–Crippen LogP) is 9.71. The lowest BCUT2D eigenvalue weighted by molar-refractivity contribution is 0.302. The van der Waals surface area contributed by atoms with Crippen molar-refractivity contribution in [3.05, 3.63) is 47.8 Å². The van der Waals surface area contributed by atoms with Crippen molar-refractivity contribution in [3.8, 4) is 17.1 Å². The average Bonchev–Trinajstić information content (AvgIpc) is 2.87. The number of halogens is 2.